The van der Waals surface area contributed by atoms with E-state index in [0.29, 0.717) is 5.41 Å². The molecule has 0 N–H and O–H groups in total. The molecule has 1 heterocycles. The largest absolute Gasteiger partial charge is 0.249 e. The first-order valence-corrected chi connectivity index (χ1v) is 6.42. The molecule has 0 saturated heterocycles. The van der Waals surface area contributed by atoms with E-state index in [2.05, 4.69) is 25.8 Å². The predicted octanol–water partition coefficient (Wildman–Crippen LogP) is 3.68. The minimum absolute atomic E-state index is 0.502. The molecule has 0 amide bonds. The molecule has 0 radical (unpaired) electrons. The summed E-state index contributed by atoms with van der Waals surface area (Å²) < 4.78 is 0. The van der Waals surface area contributed by atoms with E-state index in [1.54, 1.807) is 4.88 Å². The average molecular weight is 209 g/mol. The monoisotopic (exact) mass is 209 g/mol. The summed E-state index contributed by atoms with van der Waals surface area (Å²) in [5.74, 6) is 0.862. The fourth-order valence-corrected chi connectivity index (χ4v) is 3.15. The van der Waals surface area contributed by atoms with Gasteiger partial charge in [-0.2, -0.15) is 0 Å². The van der Waals surface area contributed by atoms with Crippen LogP contribution in [0.4, 0.5) is 0 Å². The van der Waals surface area contributed by atoms with Gasteiger partial charge in [-0.15, -0.1) is 11.3 Å². The molecule has 0 spiro atoms. The van der Waals surface area contributed by atoms with E-state index in [1.165, 1.54) is 31.4 Å². The molecule has 1 unspecified atom stereocenters. The van der Waals surface area contributed by atoms with E-state index in [4.69, 9.17) is 0 Å². The van der Waals surface area contributed by atoms with Gasteiger partial charge >= 0.3 is 0 Å². The van der Waals surface area contributed by atoms with E-state index in [9.17, 15) is 0 Å². The Morgan fingerprint density at radius 1 is 1.57 bits per heavy atom. The van der Waals surface area contributed by atoms with Gasteiger partial charge in [0.1, 0.15) is 0 Å². The van der Waals surface area contributed by atoms with Crippen LogP contribution >= 0.6 is 11.3 Å². The highest BCUT2D eigenvalue weighted by atomic mass is 32.1. The lowest BCUT2D eigenvalue weighted by Crippen LogP contribution is -2.28. The number of hydrogen-bond acceptors (Lipinski definition) is 2. The van der Waals surface area contributed by atoms with Crippen LogP contribution in [0, 0.1) is 11.3 Å². The van der Waals surface area contributed by atoms with E-state index >= 15 is 0 Å². The summed E-state index contributed by atoms with van der Waals surface area (Å²) in [7, 11) is 0. The summed E-state index contributed by atoms with van der Waals surface area (Å²) in [5, 5.41) is 0. The van der Waals surface area contributed by atoms with Crippen molar-refractivity contribution in [3.63, 3.8) is 0 Å². The molecule has 2 heteroatoms. The number of aromatic nitrogens is 1. The maximum absolute atomic E-state index is 4.42. The van der Waals surface area contributed by atoms with E-state index in [-0.39, 0.29) is 0 Å². The van der Waals surface area contributed by atoms with Gasteiger partial charge in [-0.3, -0.25) is 0 Å². The SMILES string of the molecule is CCC(C)(C)C1CCc2ncsc2C1. The maximum atomic E-state index is 4.42. The Labute approximate surface area is 90.6 Å². The zero-order valence-corrected chi connectivity index (χ0v) is 10.2. The molecule has 0 bridgehead atoms. The number of thiazole rings is 1. The van der Waals surface area contributed by atoms with E-state index < -0.39 is 0 Å². The Balaban J connectivity index is 2.15. The first-order valence-electron chi connectivity index (χ1n) is 5.54. The topological polar surface area (TPSA) is 12.9 Å². The van der Waals surface area contributed by atoms with Crippen molar-refractivity contribution < 1.29 is 0 Å². The summed E-state index contributed by atoms with van der Waals surface area (Å²) in [6.07, 6.45) is 5.08. The van der Waals surface area contributed by atoms with Gasteiger partial charge in [-0.05, 0) is 30.6 Å². The van der Waals surface area contributed by atoms with Crippen LogP contribution in [-0.2, 0) is 12.8 Å². The van der Waals surface area contributed by atoms with Gasteiger partial charge in [0, 0.05) is 4.88 Å². The smallest absolute Gasteiger partial charge is 0.0797 e. The van der Waals surface area contributed by atoms with Crippen molar-refractivity contribution in [2.75, 3.05) is 0 Å². The number of nitrogens with zero attached hydrogens (tertiary/aromatic N) is 1. The Hall–Kier alpha value is -0.370. The van der Waals surface area contributed by atoms with Gasteiger partial charge in [-0.25, -0.2) is 4.98 Å². The van der Waals surface area contributed by atoms with Gasteiger partial charge in [0.05, 0.1) is 11.2 Å². The molecule has 1 atom stereocenters. The molecule has 1 aromatic rings. The van der Waals surface area contributed by atoms with Crippen molar-refractivity contribution in [1.82, 2.24) is 4.98 Å². The van der Waals surface area contributed by atoms with Crippen LogP contribution in [0.25, 0.3) is 0 Å². The third kappa shape index (κ3) is 1.72. The van der Waals surface area contributed by atoms with Gasteiger partial charge < -0.3 is 0 Å². The van der Waals surface area contributed by atoms with Crippen LogP contribution in [0.3, 0.4) is 0 Å². The molecule has 1 aromatic heterocycles. The second-order valence-electron chi connectivity index (χ2n) is 5.00. The second kappa shape index (κ2) is 3.65. The molecule has 78 valence electrons. The zero-order chi connectivity index (χ0) is 10.2. The van der Waals surface area contributed by atoms with Crippen molar-refractivity contribution in [3.05, 3.63) is 16.1 Å². The lowest BCUT2D eigenvalue weighted by atomic mass is 9.70. The summed E-state index contributed by atoms with van der Waals surface area (Å²) in [4.78, 5) is 5.96. The van der Waals surface area contributed by atoms with E-state index in [1.807, 2.05) is 16.8 Å². The molecule has 2 rings (SSSR count). The fourth-order valence-electron chi connectivity index (χ4n) is 2.26. The van der Waals surface area contributed by atoms with Crippen molar-refractivity contribution in [2.24, 2.45) is 11.3 Å². The second-order valence-corrected chi connectivity index (χ2v) is 5.94. The van der Waals surface area contributed by atoms with Crippen LogP contribution in [0.1, 0.15) is 44.2 Å². The summed E-state index contributed by atoms with van der Waals surface area (Å²) >= 11 is 1.84. The van der Waals surface area contributed by atoms with Gasteiger partial charge in [-0.1, -0.05) is 27.2 Å². The number of hydrogen-bond donors (Lipinski definition) is 0. The molecule has 1 aliphatic rings. The van der Waals surface area contributed by atoms with Crippen LogP contribution in [0.5, 0.6) is 0 Å². The third-order valence-electron chi connectivity index (χ3n) is 3.90. The number of rotatable bonds is 2. The normalized spacial score (nSPS) is 22.1. The molecular weight excluding hydrogens is 190 g/mol. The Bertz CT molecular complexity index is 314. The average Bonchev–Trinajstić information content (AvgIpc) is 2.64. The Kier molecular flexibility index (Phi) is 2.65. The van der Waals surface area contributed by atoms with E-state index in [0.717, 1.165) is 5.92 Å². The zero-order valence-electron chi connectivity index (χ0n) is 9.34. The Morgan fingerprint density at radius 2 is 2.36 bits per heavy atom. The minimum Gasteiger partial charge on any atom is -0.249 e. The molecule has 1 aliphatic carbocycles. The molecule has 0 aromatic carbocycles. The highest BCUT2D eigenvalue weighted by Crippen LogP contribution is 2.40. The summed E-state index contributed by atoms with van der Waals surface area (Å²) in [5.41, 5.74) is 3.88. The number of aryl methyl sites for hydroxylation is 1. The highest BCUT2D eigenvalue weighted by molar-refractivity contribution is 7.09. The van der Waals surface area contributed by atoms with Crippen LogP contribution < -0.4 is 0 Å². The Morgan fingerprint density at radius 3 is 3.07 bits per heavy atom. The van der Waals surface area contributed by atoms with Gasteiger partial charge in [0.15, 0.2) is 0 Å². The molecule has 0 saturated carbocycles. The maximum Gasteiger partial charge on any atom is 0.0797 e. The molecule has 14 heavy (non-hydrogen) atoms. The summed E-state index contributed by atoms with van der Waals surface area (Å²) in [6, 6.07) is 0. The molecular formula is C12H19NS. The lowest BCUT2D eigenvalue weighted by molar-refractivity contribution is 0.183. The predicted molar refractivity (Wildman–Crippen MR) is 61.7 cm³/mol. The van der Waals surface area contributed by atoms with Crippen LogP contribution in [0.2, 0.25) is 0 Å². The van der Waals surface area contributed by atoms with Crippen molar-refractivity contribution in [3.8, 4) is 0 Å². The first-order chi connectivity index (χ1) is 6.63. The molecule has 0 aliphatic heterocycles. The molecule has 1 nitrogen and oxygen atoms in total. The number of fused-ring (bicyclic) bond motifs is 1. The van der Waals surface area contributed by atoms with Crippen molar-refractivity contribution in [1.29, 1.82) is 0 Å². The first kappa shape index (κ1) is 10.2. The fraction of sp³-hybridized carbons (Fsp3) is 0.750. The van der Waals surface area contributed by atoms with Gasteiger partial charge in [0.25, 0.3) is 0 Å². The lowest BCUT2D eigenvalue weighted by Gasteiger charge is -2.35. The minimum atomic E-state index is 0.502. The standard InChI is InChI=1S/C12H19NS/c1-4-12(2,3)9-5-6-10-11(7-9)14-8-13-10/h8-9H,4-7H2,1-3H3. The molecule has 0 fully saturated rings. The third-order valence-corrected chi connectivity index (χ3v) is 4.80. The van der Waals surface area contributed by atoms with Crippen LogP contribution in [-0.4, -0.2) is 4.98 Å². The highest BCUT2D eigenvalue weighted by Gasteiger charge is 2.31. The van der Waals surface area contributed by atoms with Crippen molar-refractivity contribution in [2.45, 2.75) is 46.5 Å². The van der Waals surface area contributed by atoms with Gasteiger partial charge in [0.2, 0.25) is 0 Å². The summed E-state index contributed by atoms with van der Waals surface area (Å²) in [6.45, 7) is 7.12. The van der Waals surface area contributed by atoms with Crippen molar-refractivity contribution >= 4 is 11.3 Å². The quantitative estimate of drug-likeness (QED) is 0.724. The van der Waals surface area contributed by atoms with Crippen LogP contribution in [0.15, 0.2) is 5.51 Å².